The molecule has 1 amide bonds. The van der Waals surface area contributed by atoms with Crippen molar-refractivity contribution in [1.82, 2.24) is 10.3 Å². The summed E-state index contributed by atoms with van der Waals surface area (Å²) in [7, 11) is 0. The lowest BCUT2D eigenvalue weighted by molar-refractivity contribution is -0.141. The maximum atomic E-state index is 12.0. The van der Waals surface area contributed by atoms with Gasteiger partial charge in [-0.15, -0.1) is 0 Å². The number of nitrogens with zero attached hydrogens (tertiary/aromatic N) is 1. The van der Waals surface area contributed by atoms with Gasteiger partial charge in [0.2, 0.25) is 0 Å². The van der Waals surface area contributed by atoms with Crippen molar-refractivity contribution in [2.24, 2.45) is 5.92 Å². The number of amides is 1. The molecule has 2 N–H and O–H groups in total. The molecule has 1 aromatic heterocycles. The molecule has 1 aromatic rings. The molecular weight excluding hydrogens is 232 g/mol. The highest BCUT2D eigenvalue weighted by Crippen LogP contribution is 2.25. The summed E-state index contributed by atoms with van der Waals surface area (Å²) in [6.45, 7) is 1.78. The van der Waals surface area contributed by atoms with Crippen molar-refractivity contribution in [2.75, 3.05) is 0 Å². The lowest BCUT2D eigenvalue weighted by atomic mass is 10.1. The van der Waals surface area contributed by atoms with Gasteiger partial charge in [-0.2, -0.15) is 0 Å². The number of aryl methyl sites for hydroxylation is 1. The summed E-state index contributed by atoms with van der Waals surface area (Å²) in [5.74, 6) is -1.27. The second-order valence-electron chi connectivity index (χ2n) is 4.65. The summed E-state index contributed by atoms with van der Waals surface area (Å²) in [6, 6.07) is 3.40. The predicted octanol–water partition coefficient (Wildman–Crippen LogP) is 1.37. The summed E-state index contributed by atoms with van der Waals surface area (Å²) in [5.41, 5.74) is 1.24. The van der Waals surface area contributed by atoms with Gasteiger partial charge >= 0.3 is 5.97 Å². The lowest BCUT2D eigenvalue weighted by Crippen LogP contribution is -2.33. The van der Waals surface area contributed by atoms with Crippen LogP contribution in [0, 0.1) is 12.8 Å². The Kier molecular flexibility index (Phi) is 3.60. The van der Waals surface area contributed by atoms with E-state index in [4.69, 9.17) is 5.11 Å². The Balaban J connectivity index is 1.97. The van der Waals surface area contributed by atoms with Crippen molar-refractivity contribution in [1.29, 1.82) is 0 Å². The fourth-order valence-corrected chi connectivity index (χ4v) is 2.32. The van der Waals surface area contributed by atoms with Gasteiger partial charge in [0.15, 0.2) is 0 Å². The molecule has 0 spiro atoms. The van der Waals surface area contributed by atoms with E-state index in [0.717, 1.165) is 6.42 Å². The summed E-state index contributed by atoms with van der Waals surface area (Å²) >= 11 is 0. The van der Waals surface area contributed by atoms with Gasteiger partial charge in [-0.25, -0.2) is 0 Å². The van der Waals surface area contributed by atoms with E-state index in [-0.39, 0.29) is 17.9 Å². The number of hydrogen-bond acceptors (Lipinski definition) is 3. The molecule has 0 aromatic carbocycles. The number of carbonyl (C=O) groups excluding carboxylic acids is 1. The van der Waals surface area contributed by atoms with Crippen LogP contribution in [0.4, 0.5) is 0 Å². The number of pyridine rings is 1. The standard InChI is InChI=1S/C13H16N2O3/c1-8-11(3-2-6-14-8)12(16)15-10-5-4-9(7-10)13(17)18/h2-3,6,9-10H,4-5,7H2,1H3,(H,15,16)(H,17,18)/t9-,10+/m1/s1. The first kappa shape index (κ1) is 12.5. The third-order valence-electron chi connectivity index (χ3n) is 3.37. The molecular formula is C13H16N2O3. The first-order chi connectivity index (χ1) is 8.58. The Hall–Kier alpha value is -1.91. The highest BCUT2D eigenvalue weighted by Gasteiger charge is 2.30. The third kappa shape index (κ3) is 2.67. The second-order valence-corrected chi connectivity index (χ2v) is 4.65. The number of carboxylic acids is 1. The molecule has 1 saturated carbocycles. The van der Waals surface area contributed by atoms with Crippen LogP contribution in [-0.4, -0.2) is 28.0 Å². The van der Waals surface area contributed by atoms with E-state index in [0.29, 0.717) is 24.1 Å². The van der Waals surface area contributed by atoms with Crippen molar-refractivity contribution in [2.45, 2.75) is 32.2 Å². The van der Waals surface area contributed by atoms with E-state index >= 15 is 0 Å². The van der Waals surface area contributed by atoms with Crippen LogP contribution in [0.2, 0.25) is 0 Å². The number of rotatable bonds is 3. The zero-order chi connectivity index (χ0) is 13.1. The predicted molar refractivity (Wildman–Crippen MR) is 65.2 cm³/mol. The van der Waals surface area contributed by atoms with Gasteiger partial charge in [0.05, 0.1) is 11.5 Å². The maximum Gasteiger partial charge on any atom is 0.306 e. The van der Waals surface area contributed by atoms with Crippen LogP contribution in [0.3, 0.4) is 0 Å². The molecule has 18 heavy (non-hydrogen) atoms. The maximum absolute atomic E-state index is 12.0. The Labute approximate surface area is 105 Å². The van der Waals surface area contributed by atoms with Gasteiger partial charge in [0.25, 0.3) is 5.91 Å². The van der Waals surface area contributed by atoms with Gasteiger partial charge in [0, 0.05) is 17.9 Å². The highest BCUT2D eigenvalue weighted by atomic mass is 16.4. The average Bonchev–Trinajstić information content (AvgIpc) is 2.78. The fourth-order valence-electron chi connectivity index (χ4n) is 2.32. The van der Waals surface area contributed by atoms with Crippen LogP contribution in [0.5, 0.6) is 0 Å². The van der Waals surface area contributed by atoms with Crippen LogP contribution in [0.15, 0.2) is 18.3 Å². The van der Waals surface area contributed by atoms with E-state index in [1.54, 1.807) is 25.3 Å². The summed E-state index contributed by atoms with van der Waals surface area (Å²) in [4.78, 5) is 26.9. The van der Waals surface area contributed by atoms with Crippen LogP contribution >= 0.6 is 0 Å². The first-order valence-corrected chi connectivity index (χ1v) is 6.03. The van der Waals surface area contributed by atoms with Crippen molar-refractivity contribution in [3.63, 3.8) is 0 Å². The van der Waals surface area contributed by atoms with Crippen LogP contribution in [-0.2, 0) is 4.79 Å². The molecule has 0 unspecified atom stereocenters. The Morgan fingerprint density at radius 2 is 2.22 bits per heavy atom. The summed E-state index contributed by atoms with van der Waals surface area (Å²) in [6.07, 6.45) is 3.51. The first-order valence-electron chi connectivity index (χ1n) is 6.03. The summed E-state index contributed by atoms with van der Waals surface area (Å²) in [5, 5.41) is 11.8. The monoisotopic (exact) mass is 248 g/mol. The third-order valence-corrected chi connectivity index (χ3v) is 3.37. The molecule has 5 heteroatoms. The van der Waals surface area contributed by atoms with Crippen molar-refractivity contribution >= 4 is 11.9 Å². The Morgan fingerprint density at radius 1 is 1.44 bits per heavy atom. The Morgan fingerprint density at radius 3 is 2.83 bits per heavy atom. The normalized spacial score (nSPS) is 22.7. The van der Waals surface area contributed by atoms with E-state index in [1.165, 1.54) is 0 Å². The molecule has 1 aliphatic carbocycles. The Bertz CT molecular complexity index is 473. The SMILES string of the molecule is Cc1ncccc1C(=O)N[C@H]1CC[C@@H](C(=O)O)C1. The minimum atomic E-state index is -0.774. The highest BCUT2D eigenvalue weighted by molar-refractivity contribution is 5.95. The largest absolute Gasteiger partial charge is 0.481 e. The van der Waals surface area contributed by atoms with E-state index in [9.17, 15) is 9.59 Å². The smallest absolute Gasteiger partial charge is 0.306 e. The van der Waals surface area contributed by atoms with Crippen LogP contribution < -0.4 is 5.32 Å². The second kappa shape index (κ2) is 5.16. The van der Waals surface area contributed by atoms with Gasteiger partial charge in [-0.05, 0) is 38.3 Å². The van der Waals surface area contributed by atoms with Crippen molar-refractivity contribution < 1.29 is 14.7 Å². The number of hydrogen-bond donors (Lipinski definition) is 2. The molecule has 2 atom stereocenters. The molecule has 0 saturated heterocycles. The number of carbonyl (C=O) groups is 2. The minimum Gasteiger partial charge on any atom is -0.481 e. The quantitative estimate of drug-likeness (QED) is 0.846. The van der Waals surface area contributed by atoms with E-state index < -0.39 is 5.97 Å². The fraction of sp³-hybridized carbons (Fsp3) is 0.462. The number of aromatic nitrogens is 1. The van der Waals surface area contributed by atoms with Gasteiger partial charge in [0.1, 0.15) is 0 Å². The molecule has 5 nitrogen and oxygen atoms in total. The minimum absolute atomic E-state index is 0.0433. The van der Waals surface area contributed by atoms with Gasteiger partial charge in [-0.3, -0.25) is 14.6 Å². The lowest BCUT2D eigenvalue weighted by Gasteiger charge is -2.13. The molecule has 1 aliphatic rings. The average molecular weight is 248 g/mol. The molecule has 96 valence electrons. The van der Waals surface area contributed by atoms with E-state index in [1.807, 2.05) is 0 Å². The molecule has 2 rings (SSSR count). The number of aliphatic carboxylic acids is 1. The van der Waals surface area contributed by atoms with Crippen molar-refractivity contribution in [3.8, 4) is 0 Å². The molecule has 0 aliphatic heterocycles. The van der Waals surface area contributed by atoms with Gasteiger partial charge in [-0.1, -0.05) is 0 Å². The number of nitrogens with one attached hydrogen (secondary N) is 1. The number of carboxylic acid groups (broad SMARTS) is 1. The van der Waals surface area contributed by atoms with E-state index in [2.05, 4.69) is 10.3 Å². The molecule has 1 fully saturated rings. The summed E-state index contributed by atoms with van der Waals surface area (Å²) < 4.78 is 0. The molecule has 0 radical (unpaired) electrons. The zero-order valence-corrected chi connectivity index (χ0v) is 10.2. The van der Waals surface area contributed by atoms with Crippen LogP contribution in [0.25, 0.3) is 0 Å². The topological polar surface area (TPSA) is 79.3 Å². The molecule has 0 bridgehead atoms. The van der Waals surface area contributed by atoms with Gasteiger partial charge < -0.3 is 10.4 Å². The van der Waals surface area contributed by atoms with Crippen molar-refractivity contribution in [3.05, 3.63) is 29.6 Å². The zero-order valence-electron chi connectivity index (χ0n) is 10.2. The van der Waals surface area contributed by atoms with Crippen LogP contribution in [0.1, 0.15) is 35.3 Å². The molecule has 1 heterocycles.